The minimum absolute atomic E-state index is 1.12. The highest BCUT2D eigenvalue weighted by Crippen LogP contribution is 2.72. The van der Waals surface area contributed by atoms with Crippen LogP contribution in [-0.2, 0) is 0 Å². The molecule has 0 heteroatoms. The minimum atomic E-state index is 1.12. The SMILES string of the molecule is C1=C\CC/C=C\CC/1.CC1C2C(C)C12. The molecule has 78 valence electrons. The summed E-state index contributed by atoms with van der Waals surface area (Å²) in [6.45, 7) is 4.71. The van der Waals surface area contributed by atoms with Gasteiger partial charge in [0.2, 0.25) is 0 Å². The number of allylic oxidation sites excluding steroid dienone is 4. The maximum absolute atomic E-state index is 2.36. The fourth-order valence-corrected chi connectivity index (χ4v) is 2.72. The van der Waals surface area contributed by atoms with Crippen molar-refractivity contribution in [2.24, 2.45) is 23.7 Å². The molecular weight excluding hydrogens is 168 g/mol. The molecule has 2 fully saturated rings. The van der Waals surface area contributed by atoms with Gasteiger partial charge in [-0.15, -0.1) is 0 Å². The first-order valence-corrected chi connectivity index (χ1v) is 6.12. The van der Waals surface area contributed by atoms with Gasteiger partial charge in [-0.1, -0.05) is 38.2 Å². The molecule has 14 heavy (non-hydrogen) atoms. The molecule has 0 aromatic rings. The van der Waals surface area contributed by atoms with Crippen LogP contribution < -0.4 is 0 Å². The van der Waals surface area contributed by atoms with Crippen LogP contribution in [0.2, 0.25) is 0 Å². The molecule has 0 N–H and O–H groups in total. The summed E-state index contributed by atoms with van der Waals surface area (Å²) < 4.78 is 0. The molecule has 0 nitrogen and oxygen atoms in total. The van der Waals surface area contributed by atoms with E-state index < -0.39 is 0 Å². The van der Waals surface area contributed by atoms with Crippen molar-refractivity contribution < 1.29 is 0 Å². The van der Waals surface area contributed by atoms with Crippen LogP contribution >= 0.6 is 0 Å². The maximum atomic E-state index is 2.36. The Balaban J connectivity index is 0.000000110. The van der Waals surface area contributed by atoms with Crippen molar-refractivity contribution in [3.63, 3.8) is 0 Å². The zero-order valence-corrected chi connectivity index (χ0v) is 9.45. The Morgan fingerprint density at radius 2 is 0.929 bits per heavy atom. The van der Waals surface area contributed by atoms with E-state index in [-0.39, 0.29) is 0 Å². The van der Waals surface area contributed by atoms with Gasteiger partial charge in [-0.3, -0.25) is 0 Å². The normalized spacial score (nSPS) is 47.3. The van der Waals surface area contributed by atoms with Crippen molar-refractivity contribution in [2.75, 3.05) is 0 Å². The van der Waals surface area contributed by atoms with Crippen LogP contribution in [0.5, 0.6) is 0 Å². The Morgan fingerprint density at radius 1 is 0.643 bits per heavy atom. The molecule has 0 heterocycles. The lowest BCUT2D eigenvalue weighted by Gasteiger charge is -1.94. The van der Waals surface area contributed by atoms with Gasteiger partial charge in [-0.2, -0.15) is 0 Å². The smallest absolute Gasteiger partial charge is 0.0316 e. The number of hydrogen-bond donors (Lipinski definition) is 0. The molecule has 0 radical (unpaired) electrons. The molecule has 0 unspecified atom stereocenters. The van der Waals surface area contributed by atoms with E-state index in [4.69, 9.17) is 0 Å². The topological polar surface area (TPSA) is 0 Å². The molecule has 2 saturated carbocycles. The second kappa shape index (κ2) is 4.33. The monoisotopic (exact) mass is 190 g/mol. The highest BCUT2D eigenvalue weighted by Gasteiger charge is 2.67. The summed E-state index contributed by atoms with van der Waals surface area (Å²) in [7, 11) is 0. The van der Waals surface area contributed by atoms with Gasteiger partial charge in [0.1, 0.15) is 0 Å². The Bertz CT molecular complexity index is 190. The molecule has 3 aliphatic rings. The van der Waals surface area contributed by atoms with E-state index in [0.29, 0.717) is 0 Å². The lowest BCUT2D eigenvalue weighted by atomic mass is 10.1. The quantitative estimate of drug-likeness (QED) is 0.502. The fraction of sp³-hybridized carbons (Fsp3) is 0.714. The zero-order chi connectivity index (χ0) is 9.97. The second-order valence-corrected chi connectivity index (χ2v) is 4.97. The van der Waals surface area contributed by atoms with E-state index in [0.717, 1.165) is 11.8 Å². The molecule has 0 aromatic carbocycles. The summed E-state index contributed by atoms with van der Waals surface area (Å²) in [5, 5.41) is 0. The highest BCUT2D eigenvalue weighted by atomic mass is 14.7. The van der Waals surface area contributed by atoms with Gasteiger partial charge >= 0.3 is 0 Å². The molecule has 3 aliphatic carbocycles. The van der Waals surface area contributed by atoms with Crippen molar-refractivity contribution in [3.05, 3.63) is 24.3 Å². The van der Waals surface area contributed by atoms with Gasteiger partial charge in [-0.25, -0.2) is 0 Å². The summed E-state index contributed by atoms with van der Waals surface area (Å²) in [6, 6.07) is 0. The van der Waals surface area contributed by atoms with Crippen molar-refractivity contribution in [1.29, 1.82) is 0 Å². The van der Waals surface area contributed by atoms with E-state index >= 15 is 0 Å². The highest BCUT2D eigenvalue weighted by molar-refractivity contribution is 5.15. The van der Waals surface area contributed by atoms with Gasteiger partial charge in [0.15, 0.2) is 0 Å². The molecule has 0 atom stereocenters. The standard InChI is InChI=1S/C8H12.C6H10/c1-2-4-6-8-7-5-3-1;1-3-5-4(2)6(3)5/h1-2,7-8H,3-6H2;3-6H,1-2H3/b2-1-,8-7-;. The first kappa shape index (κ1) is 10.0. The number of rotatable bonds is 0. The molecule has 0 aromatic heterocycles. The van der Waals surface area contributed by atoms with Crippen LogP contribution in [0.25, 0.3) is 0 Å². The third kappa shape index (κ3) is 2.29. The largest absolute Gasteiger partial charge is 0.0882 e. The summed E-state index contributed by atoms with van der Waals surface area (Å²) >= 11 is 0. The summed E-state index contributed by atoms with van der Waals surface area (Å²) in [5.41, 5.74) is 0. The van der Waals surface area contributed by atoms with Gasteiger partial charge in [0.25, 0.3) is 0 Å². The first-order valence-electron chi connectivity index (χ1n) is 6.12. The van der Waals surface area contributed by atoms with Crippen LogP contribution in [0.4, 0.5) is 0 Å². The summed E-state index contributed by atoms with van der Waals surface area (Å²) in [5.74, 6) is 4.62. The molecule has 3 rings (SSSR count). The number of fused-ring (bicyclic) bond motifs is 1. The molecule has 0 bridgehead atoms. The summed E-state index contributed by atoms with van der Waals surface area (Å²) in [6.07, 6.45) is 14.0. The van der Waals surface area contributed by atoms with Crippen molar-refractivity contribution in [2.45, 2.75) is 39.5 Å². The maximum Gasteiger partial charge on any atom is -0.0316 e. The van der Waals surface area contributed by atoms with Crippen LogP contribution in [0.3, 0.4) is 0 Å². The van der Waals surface area contributed by atoms with Gasteiger partial charge in [-0.05, 0) is 49.4 Å². The molecule has 0 amide bonds. The molecular formula is C14H22. The Morgan fingerprint density at radius 3 is 1.07 bits per heavy atom. The average molecular weight is 190 g/mol. The lowest BCUT2D eigenvalue weighted by molar-refractivity contribution is 0.541. The molecule has 0 saturated heterocycles. The van der Waals surface area contributed by atoms with E-state index in [1.807, 2.05) is 0 Å². The Hall–Kier alpha value is -0.520. The van der Waals surface area contributed by atoms with Crippen LogP contribution in [0.15, 0.2) is 24.3 Å². The van der Waals surface area contributed by atoms with E-state index in [9.17, 15) is 0 Å². The van der Waals surface area contributed by atoms with Crippen LogP contribution in [0.1, 0.15) is 39.5 Å². The van der Waals surface area contributed by atoms with Gasteiger partial charge in [0.05, 0.1) is 0 Å². The lowest BCUT2D eigenvalue weighted by Crippen LogP contribution is -1.88. The third-order valence-corrected chi connectivity index (χ3v) is 3.92. The first-order chi connectivity index (χ1) is 6.82. The van der Waals surface area contributed by atoms with Gasteiger partial charge < -0.3 is 0 Å². The average Bonchev–Trinajstić information content (AvgIpc) is 2.96. The third-order valence-electron chi connectivity index (χ3n) is 3.92. The Kier molecular flexibility index (Phi) is 3.10. The predicted octanol–water partition coefficient (Wildman–Crippen LogP) is 4.19. The van der Waals surface area contributed by atoms with Crippen molar-refractivity contribution in [1.82, 2.24) is 0 Å². The number of hydrogen-bond acceptors (Lipinski definition) is 0. The fourth-order valence-electron chi connectivity index (χ4n) is 2.72. The van der Waals surface area contributed by atoms with E-state index in [1.165, 1.54) is 37.5 Å². The Labute approximate surface area is 88.1 Å². The van der Waals surface area contributed by atoms with Crippen molar-refractivity contribution in [3.8, 4) is 0 Å². The zero-order valence-electron chi connectivity index (χ0n) is 9.45. The van der Waals surface area contributed by atoms with Crippen LogP contribution in [0, 0.1) is 23.7 Å². The predicted molar refractivity (Wildman–Crippen MR) is 62.1 cm³/mol. The molecule has 0 aliphatic heterocycles. The van der Waals surface area contributed by atoms with Crippen molar-refractivity contribution >= 4 is 0 Å². The summed E-state index contributed by atoms with van der Waals surface area (Å²) in [4.78, 5) is 0. The minimum Gasteiger partial charge on any atom is -0.0882 e. The van der Waals surface area contributed by atoms with E-state index in [2.05, 4.69) is 38.2 Å². The van der Waals surface area contributed by atoms with E-state index in [1.54, 1.807) is 0 Å². The van der Waals surface area contributed by atoms with Gasteiger partial charge in [0, 0.05) is 0 Å². The molecule has 0 spiro atoms. The second-order valence-electron chi connectivity index (χ2n) is 4.97. The van der Waals surface area contributed by atoms with Crippen LogP contribution in [-0.4, -0.2) is 0 Å².